The van der Waals surface area contributed by atoms with Gasteiger partial charge >= 0.3 is 0 Å². The second-order valence-electron chi connectivity index (χ2n) is 7.39. The van der Waals surface area contributed by atoms with Gasteiger partial charge < -0.3 is 10.0 Å². The molecule has 2 fully saturated rings. The topological polar surface area (TPSA) is 86.7 Å². The van der Waals surface area contributed by atoms with E-state index in [0.717, 1.165) is 45.1 Å². The summed E-state index contributed by atoms with van der Waals surface area (Å²) in [7, 11) is -3.47. The molecule has 1 aromatic carbocycles. The van der Waals surface area contributed by atoms with Crippen molar-refractivity contribution in [2.45, 2.75) is 49.5 Å². The van der Waals surface area contributed by atoms with E-state index in [4.69, 9.17) is 0 Å². The van der Waals surface area contributed by atoms with Gasteiger partial charge in [-0.05, 0) is 56.6 Å². The molecule has 1 aromatic rings. The molecule has 144 valence electrons. The molecule has 26 heavy (non-hydrogen) atoms. The van der Waals surface area contributed by atoms with Crippen molar-refractivity contribution in [3.05, 3.63) is 30.3 Å². The smallest absolute Gasteiger partial charge is 0.240 e. The standard InChI is InChI=1S/C19H28N2O4S/c22-14-17-5-4-12-21(17)19(23)16-10-8-15(9-11-16)13-20-26(24,25)18-6-2-1-3-7-18/h1-3,6-7,15-17,20,22H,4-5,8-14H2/t15?,16?,17-/m1/s1. The third-order valence-corrected chi connectivity index (χ3v) is 7.12. The lowest BCUT2D eigenvalue weighted by molar-refractivity contribution is -0.138. The van der Waals surface area contributed by atoms with Crippen LogP contribution in [0.25, 0.3) is 0 Å². The molecule has 7 heteroatoms. The highest BCUT2D eigenvalue weighted by molar-refractivity contribution is 7.89. The SMILES string of the molecule is O=C(C1CCC(CNS(=O)(=O)c2ccccc2)CC1)N1CCC[C@@H]1CO. The average Bonchev–Trinajstić information content (AvgIpc) is 3.16. The Morgan fingerprint density at radius 2 is 1.81 bits per heavy atom. The van der Waals surface area contributed by atoms with Gasteiger partial charge in [-0.25, -0.2) is 13.1 Å². The average molecular weight is 381 g/mol. The molecule has 1 saturated carbocycles. The summed E-state index contributed by atoms with van der Waals surface area (Å²) in [6, 6.07) is 8.38. The minimum absolute atomic E-state index is 0.0158. The largest absolute Gasteiger partial charge is 0.394 e. The molecule has 1 amide bonds. The second-order valence-corrected chi connectivity index (χ2v) is 9.16. The van der Waals surface area contributed by atoms with Crippen molar-refractivity contribution in [1.82, 2.24) is 9.62 Å². The molecule has 0 unspecified atom stereocenters. The summed E-state index contributed by atoms with van der Waals surface area (Å²) in [6.45, 7) is 1.21. The van der Waals surface area contributed by atoms with Crippen LogP contribution in [0.15, 0.2) is 35.2 Å². The second kappa shape index (κ2) is 8.50. The zero-order chi connectivity index (χ0) is 18.6. The number of benzene rings is 1. The number of hydrogen-bond donors (Lipinski definition) is 2. The molecule has 3 rings (SSSR count). The molecule has 0 radical (unpaired) electrons. The Hall–Kier alpha value is -1.44. The van der Waals surface area contributed by atoms with Crippen molar-refractivity contribution in [2.24, 2.45) is 11.8 Å². The van der Waals surface area contributed by atoms with E-state index in [-0.39, 0.29) is 35.3 Å². The number of nitrogens with one attached hydrogen (secondary N) is 1. The van der Waals surface area contributed by atoms with Crippen molar-refractivity contribution < 1.29 is 18.3 Å². The van der Waals surface area contributed by atoms with Crippen LogP contribution in [-0.2, 0) is 14.8 Å². The zero-order valence-electron chi connectivity index (χ0n) is 15.0. The summed E-state index contributed by atoms with van der Waals surface area (Å²) in [5.74, 6) is 0.457. The molecule has 1 saturated heterocycles. The lowest BCUT2D eigenvalue weighted by Gasteiger charge is -2.32. The number of likely N-dealkylation sites (tertiary alicyclic amines) is 1. The number of amides is 1. The monoisotopic (exact) mass is 380 g/mol. The summed E-state index contributed by atoms with van der Waals surface area (Å²) in [6.07, 6.45) is 5.15. The molecule has 0 bridgehead atoms. The van der Waals surface area contributed by atoms with E-state index in [1.807, 2.05) is 4.90 Å². The summed E-state index contributed by atoms with van der Waals surface area (Å²) >= 11 is 0. The maximum atomic E-state index is 12.7. The highest BCUT2D eigenvalue weighted by atomic mass is 32.2. The van der Waals surface area contributed by atoms with E-state index in [2.05, 4.69) is 4.72 Å². The minimum Gasteiger partial charge on any atom is -0.394 e. The Morgan fingerprint density at radius 1 is 1.12 bits per heavy atom. The number of carbonyl (C=O) groups excluding carboxylic acids is 1. The van der Waals surface area contributed by atoms with Gasteiger partial charge in [0.25, 0.3) is 0 Å². The fraction of sp³-hybridized carbons (Fsp3) is 0.632. The van der Waals surface area contributed by atoms with E-state index in [1.165, 1.54) is 0 Å². The molecular formula is C19H28N2O4S. The van der Waals surface area contributed by atoms with Gasteiger partial charge in [-0.2, -0.15) is 0 Å². The summed E-state index contributed by atoms with van der Waals surface area (Å²) < 4.78 is 27.3. The van der Waals surface area contributed by atoms with Gasteiger partial charge in [0.05, 0.1) is 17.5 Å². The third kappa shape index (κ3) is 4.45. The lowest BCUT2D eigenvalue weighted by Crippen LogP contribution is -2.42. The summed E-state index contributed by atoms with van der Waals surface area (Å²) in [4.78, 5) is 14.8. The van der Waals surface area contributed by atoms with Gasteiger partial charge in [-0.15, -0.1) is 0 Å². The first-order valence-corrected chi connectivity index (χ1v) is 11.0. The van der Waals surface area contributed by atoms with Crippen LogP contribution in [0.1, 0.15) is 38.5 Å². The van der Waals surface area contributed by atoms with E-state index in [0.29, 0.717) is 6.54 Å². The molecule has 1 aliphatic heterocycles. The number of nitrogens with zero attached hydrogens (tertiary/aromatic N) is 1. The van der Waals surface area contributed by atoms with E-state index < -0.39 is 10.0 Å². The van der Waals surface area contributed by atoms with E-state index in [1.54, 1.807) is 30.3 Å². The Bertz CT molecular complexity index is 700. The highest BCUT2D eigenvalue weighted by Gasteiger charge is 2.34. The quantitative estimate of drug-likeness (QED) is 0.787. The third-order valence-electron chi connectivity index (χ3n) is 5.68. The predicted molar refractivity (Wildman–Crippen MR) is 98.9 cm³/mol. The Labute approximate surface area is 155 Å². The fourth-order valence-corrected chi connectivity index (χ4v) is 5.21. The van der Waals surface area contributed by atoms with Crippen LogP contribution in [-0.4, -0.2) is 50.1 Å². The number of carbonyl (C=O) groups is 1. The summed E-state index contributed by atoms with van der Waals surface area (Å²) in [5, 5.41) is 9.41. The Morgan fingerprint density at radius 3 is 2.46 bits per heavy atom. The van der Waals surface area contributed by atoms with Crippen LogP contribution >= 0.6 is 0 Å². The van der Waals surface area contributed by atoms with Gasteiger partial charge in [0.2, 0.25) is 15.9 Å². The predicted octanol–water partition coefficient (Wildman–Crippen LogP) is 1.75. The fourth-order valence-electron chi connectivity index (χ4n) is 4.07. The lowest BCUT2D eigenvalue weighted by atomic mass is 9.81. The van der Waals surface area contributed by atoms with Gasteiger partial charge in [0, 0.05) is 19.0 Å². The van der Waals surface area contributed by atoms with E-state index >= 15 is 0 Å². The van der Waals surface area contributed by atoms with Crippen LogP contribution in [0.4, 0.5) is 0 Å². The minimum atomic E-state index is -3.47. The van der Waals surface area contributed by atoms with Crippen LogP contribution < -0.4 is 4.72 Å². The van der Waals surface area contributed by atoms with Crippen LogP contribution in [0.3, 0.4) is 0 Å². The number of hydrogen-bond acceptors (Lipinski definition) is 4. The van der Waals surface area contributed by atoms with Crippen molar-refractivity contribution in [3.63, 3.8) is 0 Å². The molecule has 0 aromatic heterocycles. The molecule has 2 aliphatic rings. The molecular weight excluding hydrogens is 352 g/mol. The van der Waals surface area contributed by atoms with E-state index in [9.17, 15) is 18.3 Å². The van der Waals surface area contributed by atoms with Crippen molar-refractivity contribution in [2.75, 3.05) is 19.7 Å². The number of aliphatic hydroxyl groups excluding tert-OH is 1. The highest BCUT2D eigenvalue weighted by Crippen LogP contribution is 2.32. The first kappa shape index (κ1) is 19.3. The van der Waals surface area contributed by atoms with Crippen molar-refractivity contribution in [1.29, 1.82) is 0 Å². The Kier molecular flexibility index (Phi) is 6.32. The maximum absolute atomic E-state index is 12.7. The van der Waals surface area contributed by atoms with Crippen LogP contribution in [0.2, 0.25) is 0 Å². The van der Waals surface area contributed by atoms with Gasteiger partial charge in [0.1, 0.15) is 0 Å². The van der Waals surface area contributed by atoms with Gasteiger partial charge in [0.15, 0.2) is 0 Å². The molecule has 1 heterocycles. The molecule has 1 aliphatic carbocycles. The molecule has 0 spiro atoms. The number of sulfonamides is 1. The number of aliphatic hydroxyl groups is 1. The van der Waals surface area contributed by atoms with Gasteiger partial charge in [-0.3, -0.25) is 4.79 Å². The van der Waals surface area contributed by atoms with Crippen molar-refractivity contribution >= 4 is 15.9 Å². The van der Waals surface area contributed by atoms with Crippen molar-refractivity contribution in [3.8, 4) is 0 Å². The number of rotatable bonds is 6. The molecule has 1 atom stereocenters. The van der Waals surface area contributed by atoms with Crippen LogP contribution in [0, 0.1) is 11.8 Å². The van der Waals surface area contributed by atoms with Crippen LogP contribution in [0.5, 0.6) is 0 Å². The summed E-state index contributed by atoms with van der Waals surface area (Å²) in [5.41, 5.74) is 0. The maximum Gasteiger partial charge on any atom is 0.240 e. The first-order valence-electron chi connectivity index (χ1n) is 9.47. The zero-order valence-corrected chi connectivity index (χ0v) is 15.8. The normalized spacial score (nSPS) is 26.8. The Balaban J connectivity index is 1.47. The molecule has 2 N–H and O–H groups in total. The first-order chi connectivity index (χ1) is 12.5. The molecule has 6 nitrogen and oxygen atoms in total. The van der Waals surface area contributed by atoms with Gasteiger partial charge in [-0.1, -0.05) is 18.2 Å².